The molecule has 0 unspecified atom stereocenters. The summed E-state index contributed by atoms with van der Waals surface area (Å²) in [6, 6.07) is 14.4. The third-order valence-electron chi connectivity index (χ3n) is 6.29. The molecule has 2 aliphatic heterocycles. The molecule has 34 heavy (non-hydrogen) atoms. The first-order chi connectivity index (χ1) is 16.4. The quantitative estimate of drug-likeness (QED) is 0.684. The average Bonchev–Trinajstić information content (AvgIpc) is 2.82. The van der Waals surface area contributed by atoms with Gasteiger partial charge < -0.3 is 25.0 Å². The smallest absolute Gasteiger partial charge is 0.257 e. The van der Waals surface area contributed by atoms with E-state index in [2.05, 4.69) is 10.6 Å². The minimum atomic E-state index is -0.319. The maximum Gasteiger partial charge on any atom is 0.257 e. The molecule has 3 amide bonds. The van der Waals surface area contributed by atoms with Crippen LogP contribution in [0.5, 0.6) is 5.75 Å². The van der Waals surface area contributed by atoms with Gasteiger partial charge in [-0.05, 0) is 43.5 Å². The number of benzene rings is 2. The van der Waals surface area contributed by atoms with Gasteiger partial charge in [-0.2, -0.15) is 0 Å². The number of amides is 3. The molecule has 4 rings (SSSR count). The van der Waals surface area contributed by atoms with Gasteiger partial charge in [0, 0.05) is 19.3 Å². The van der Waals surface area contributed by atoms with Crippen molar-refractivity contribution in [3.05, 3.63) is 59.7 Å². The molecular weight excluding hydrogens is 434 g/mol. The molecule has 2 heterocycles. The highest BCUT2D eigenvalue weighted by molar-refractivity contribution is 6.00. The van der Waals surface area contributed by atoms with Gasteiger partial charge in [0.05, 0.1) is 30.6 Å². The summed E-state index contributed by atoms with van der Waals surface area (Å²) in [5.74, 6) is 0.0763. The average molecular weight is 466 g/mol. The van der Waals surface area contributed by atoms with Crippen molar-refractivity contribution in [2.24, 2.45) is 0 Å². The maximum absolute atomic E-state index is 13.3. The summed E-state index contributed by atoms with van der Waals surface area (Å²) in [4.78, 5) is 39.5. The minimum absolute atomic E-state index is 0.0330. The fourth-order valence-corrected chi connectivity index (χ4v) is 4.57. The predicted octanol–water partition coefficient (Wildman–Crippen LogP) is 2.77. The van der Waals surface area contributed by atoms with Crippen LogP contribution >= 0.6 is 0 Å². The monoisotopic (exact) mass is 465 g/mol. The van der Waals surface area contributed by atoms with Crippen molar-refractivity contribution < 1.29 is 23.9 Å². The molecule has 180 valence electrons. The van der Waals surface area contributed by atoms with Crippen molar-refractivity contribution in [2.75, 3.05) is 25.5 Å². The van der Waals surface area contributed by atoms with Crippen molar-refractivity contribution in [1.29, 1.82) is 0 Å². The highest BCUT2D eigenvalue weighted by Gasteiger charge is 2.39. The van der Waals surface area contributed by atoms with Gasteiger partial charge in [-0.15, -0.1) is 0 Å². The van der Waals surface area contributed by atoms with E-state index >= 15 is 0 Å². The van der Waals surface area contributed by atoms with Crippen LogP contribution in [0.15, 0.2) is 48.5 Å². The Hall–Kier alpha value is -3.39. The Balaban J connectivity index is 1.45. The maximum atomic E-state index is 13.3. The van der Waals surface area contributed by atoms with Gasteiger partial charge >= 0.3 is 0 Å². The Bertz CT molecular complexity index is 1040. The van der Waals surface area contributed by atoms with Crippen LogP contribution in [0.2, 0.25) is 0 Å². The second-order valence-corrected chi connectivity index (χ2v) is 8.75. The third kappa shape index (κ3) is 5.56. The first kappa shape index (κ1) is 23.8. The van der Waals surface area contributed by atoms with Crippen molar-refractivity contribution in [1.82, 2.24) is 10.2 Å². The normalized spacial score (nSPS) is 21.9. The zero-order chi connectivity index (χ0) is 24.1. The number of likely N-dealkylation sites (N-methyl/N-ethyl adjacent to an activating group) is 1. The number of anilines is 1. The molecule has 2 aromatic carbocycles. The Kier molecular flexibility index (Phi) is 7.47. The van der Waals surface area contributed by atoms with Gasteiger partial charge in [-0.3, -0.25) is 14.4 Å². The number of carbonyl (C=O) groups is 3. The molecule has 0 aliphatic carbocycles. The summed E-state index contributed by atoms with van der Waals surface area (Å²) in [5, 5.41) is 5.68. The van der Waals surface area contributed by atoms with E-state index < -0.39 is 0 Å². The van der Waals surface area contributed by atoms with Crippen molar-refractivity contribution in [3.63, 3.8) is 0 Å². The highest BCUT2D eigenvalue weighted by Crippen LogP contribution is 2.32. The molecule has 2 aliphatic rings. The highest BCUT2D eigenvalue weighted by atomic mass is 16.5. The summed E-state index contributed by atoms with van der Waals surface area (Å²) >= 11 is 0. The van der Waals surface area contributed by atoms with Gasteiger partial charge in [-0.1, -0.05) is 30.3 Å². The number of fused-ring (bicyclic) bond motifs is 2. The molecule has 2 N–H and O–H groups in total. The van der Waals surface area contributed by atoms with Gasteiger partial charge in [0.15, 0.2) is 0 Å². The Morgan fingerprint density at radius 2 is 1.88 bits per heavy atom. The molecule has 1 fully saturated rings. The number of ether oxygens (including phenoxy) is 2. The van der Waals surface area contributed by atoms with Crippen molar-refractivity contribution in [2.45, 2.75) is 50.9 Å². The van der Waals surface area contributed by atoms with Gasteiger partial charge in [-0.25, -0.2) is 0 Å². The first-order valence-electron chi connectivity index (χ1n) is 11.7. The van der Waals surface area contributed by atoms with Crippen LogP contribution in [0.25, 0.3) is 0 Å². The van der Waals surface area contributed by atoms with Crippen LogP contribution in [-0.4, -0.2) is 61.1 Å². The molecule has 0 spiro atoms. The fourth-order valence-electron chi connectivity index (χ4n) is 4.57. The van der Waals surface area contributed by atoms with Gasteiger partial charge in [0.25, 0.3) is 5.91 Å². The Morgan fingerprint density at radius 3 is 2.65 bits per heavy atom. The minimum Gasteiger partial charge on any atom is -0.490 e. The SMILES string of the molecule is CCNC(=O)C[C@@H]1CC[C@@H]2[C@@H](COc3ccc(NC(=O)Cc4ccccc4)cc3C(=O)N2C)O1. The van der Waals surface area contributed by atoms with Gasteiger partial charge in [0.2, 0.25) is 11.8 Å². The molecule has 1 saturated heterocycles. The molecule has 8 nitrogen and oxygen atoms in total. The number of carbonyl (C=O) groups excluding carboxylic acids is 3. The van der Waals surface area contributed by atoms with E-state index in [0.717, 1.165) is 12.0 Å². The summed E-state index contributed by atoms with van der Waals surface area (Å²) < 4.78 is 12.2. The summed E-state index contributed by atoms with van der Waals surface area (Å²) in [5.41, 5.74) is 1.87. The van der Waals surface area contributed by atoms with E-state index in [1.165, 1.54) is 0 Å². The van der Waals surface area contributed by atoms with E-state index in [1.54, 1.807) is 30.1 Å². The second kappa shape index (κ2) is 10.7. The zero-order valence-electron chi connectivity index (χ0n) is 19.6. The molecule has 0 bridgehead atoms. The van der Waals surface area contributed by atoms with Crippen LogP contribution in [-0.2, 0) is 20.7 Å². The largest absolute Gasteiger partial charge is 0.490 e. The van der Waals surface area contributed by atoms with E-state index in [4.69, 9.17) is 9.47 Å². The lowest BCUT2D eigenvalue weighted by Gasteiger charge is -2.42. The van der Waals surface area contributed by atoms with Crippen LogP contribution in [0, 0.1) is 0 Å². The lowest BCUT2D eigenvalue weighted by Crippen LogP contribution is -2.54. The molecule has 3 atom stereocenters. The second-order valence-electron chi connectivity index (χ2n) is 8.75. The van der Waals surface area contributed by atoms with E-state index in [-0.39, 0.29) is 49.0 Å². The molecule has 2 aromatic rings. The van der Waals surface area contributed by atoms with Crippen LogP contribution < -0.4 is 15.4 Å². The number of hydrogen-bond acceptors (Lipinski definition) is 5. The van der Waals surface area contributed by atoms with Crippen LogP contribution in [0.4, 0.5) is 5.69 Å². The summed E-state index contributed by atoms with van der Waals surface area (Å²) in [6.07, 6.45) is 1.46. The lowest BCUT2D eigenvalue weighted by molar-refractivity contribution is -0.134. The van der Waals surface area contributed by atoms with Crippen molar-refractivity contribution >= 4 is 23.4 Å². The molecule has 0 saturated carbocycles. The number of nitrogens with zero attached hydrogens (tertiary/aromatic N) is 1. The molecule has 8 heteroatoms. The standard InChI is InChI=1S/C26H31N3O5/c1-3-27-24(30)15-19-10-11-21-23(34-19)16-33-22-12-9-18(14-20(22)26(32)29(21)2)28-25(31)13-17-7-5-4-6-8-17/h4-9,12,14,19,21,23H,3,10-11,13,15-16H2,1-2H3,(H,27,30)(H,28,31)/t19-,21+,23+/m0/s1. The van der Waals surface area contributed by atoms with Gasteiger partial charge in [0.1, 0.15) is 18.5 Å². The summed E-state index contributed by atoms with van der Waals surface area (Å²) in [6.45, 7) is 2.75. The van der Waals surface area contributed by atoms with E-state index in [1.807, 2.05) is 37.3 Å². The zero-order valence-corrected chi connectivity index (χ0v) is 19.6. The van der Waals surface area contributed by atoms with Crippen LogP contribution in [0.3, 0.4) is 0 Å². The molecule has 0 aromatic heterocycles. The third-order valence-corrected chi connectivity index (χ3v) is 6.29. The summed E-state index contributed by atoms with van der Waals surface area (Å²) in [7, 11) is 1.77. The van der Waals surface area contributed by atoms with Crippen molar-refractivity contribution in [3.8, 4) is 5.75 Å². The van der Waals surface area contributed by atoms with E-state index in [0.29, 0.717) is 36.4 Å². The topological polar surface area (TPSA) is 97.0 Å². The number of rotatable bonds is 6. The molecule has 0 radical (unpaired) electrons. The fraction of sp³-hybridized carbons (Fsp3) is 0.423. The lowest BCUT2D eigenvalue weighted by atomic mass is 9.94. The molecular formula is C26H31N3O5. The Labute approximate surface area is 199 Å². The Morgan fingerprint density at radius 1 is 1.09 bits per heavy atom. The van der Waals surface area contributed by atoms with E-state index in [9.17, 15) is 14.4 Å². The first-order valence-corrected chi connectivity index (χ1v) is 11.7. The van der Waals surface area contributed by atoms with Crippen LogP contribution in [0.1, 0.15) is 42.1 Å². The predicted molar refractivity (Wildman–Crippen MR) is 128 cm³/mol. The number of nitrogens with one attached hydrogen (secondary N) is 2. The number of hydrogen-bond donors (Lipinski definition) is 2.